The summed E-state index contributed by atoms with van der Waals surface area (Å²) in [4.78, 5) is 0. The molecule has 1 rings (SSSR count). The van der Waals surface area contributed by atoms with E-state index in [1.165, 1.54) is 12.1 Å². The molecule has 0 atom stereocenters. The van der Waals surface area contributed by atoms with Crippen molar-refractivity contribution >= 4 is 0 Å². The molecule has 0 saturated carbocycles. The van der Waals surface area contributed by atoms with Crippen LogP contribution in [0, 0.1) is 11.2 Å². The first-order chi connectivity index (χ1) is 8.77. The van der Waals surface area contributed by atoms with Crippen molar-refractivity contribution in [1.29, 1.82) is 0 Å². The number of rotatable bonds is 7. The Labute approximate surface area is 116 Å². The minimum atomic E-state index is -0.183. The molecule has 0 fully saturated rings. The zero-order valence-corrected chi connectivity index (χ0v) is 12.6. The van der Waals surface area contributed by atoms with E-state index >= 15 is 0 Å². The maximum Gasteiger partial charge on any atom is 0.123 e. The van der Waals surface area contributed by atoms with Gasteiger partial charge in [0.15, 0.2) is 0 Å². The van der Waals surface area contributed by atoms with E-state index in [1.54, 1.807) is 0 Å². The fraction of sp³-hybridized carbons (Fsp3) is 0.625. The summed E-state index contributed by atoms with van der Waals surface area (Å²) >= 11 is 0. The van der Waals surface area contributed by atoms with Crippen LogP contribution in [-0.2, 0) is 5.41 Å². The number of hydrogen-bond donors (Lipinski definition) is 2. The topological polar surface area (TPSA) is 38.0 Å². The predicted octanol–water partition coefficient (Wildman–Crippen LogP) is 3.07. The summed E-state index contributed by atoms with van der Waals surface area (Å²) in [6.07, 6.45) is 1.06. The van der Waals surface area contributed by atoms with Gasteiger partial charge >= 0.3 is 0 Å². The second kappa shape index (κ2) is 6.49. The monoisotopic (exact) mass is 266 g/mol. The quantitative estimate of drug-likeness (QED) is 0.744. The van der Waals surface area contributed by atoms with Crippen LogP contribution in [0.15, 0.2) is 24.3 Å². The van der Waals surface area contributed by atoms with E-state index in [1.807, 2.05) is 12.1 Å². The van der Waals surface area contributed by atoms with Gasteiger partial charge in [-0.25, -0.2) is 4.39 Å². The maximum atomic E-state index is 12.9. The third-order valence-corrected chi connectivity index (χ3v) is 3.72. The summed E-state index contributed by atoms with van der Waals surface area (Å²) < 4.78 is 12.9. The normalized spacial score (nSPS) is 12.7. The van der Waals surface area contributed by atoms with Crippen LogP contribution in [0.4, 0.5) is 4.39 Å². The molecular weight excluding hydrogens is 239 g/mol. The zero-order valence-electron chi connectivity index (χ0n) is 12.6. The first-order valence-corrected chi connectivity index (χ1v) is 6.94. The van der Waals surface area contributed by atoms with Crippen LogP contribution in [-0.4, -0.2) is 19.6 Å². The second-order valence-corrected chi connectivity index (χ2v) is 6.69. The molecule has 1 aromatic carbocycles. The lowest BCUT2D eigenvalue weighted by Crippen LogP contribution is -2.36. The van der Waals surface area contributed by atoms with Gasteiger partial charge in [-0.2, -0.15) is 0 Å². The highest BCUT2D eigenvalue weighted by Crippen LogP contribution is 2.23. The smallest absolute Gasteiger partial charge is 0.123 e. The van der Waals surface area contributed by atoms with Crippen LogP contribution < -0.4 is 11.1 Å². The van der Waals surface area contributed by atoms with E-state index in [9.17, 15) is 4.39 Å². The largest absolute Gasteiger partial charge is 0.330 e. The summed E-state index contributed by atoms with van der Waals surface area (Å²) in [6, 6.07) is 6.77. The molecule has 0 radical (unpaired) electrons. The Hall–Kier alpha value is -0.930. The number of hydrogen-bond acceptors (Lipinski definition) is 2. The van der Waals surface area contributed by atoms with Crippen LogP contribution in [0.1, 0.15) is 39.7 Å². The Morgan fingerprint density at radius 3 is 2.21 bits per heavy atom. The van der Waals surface area contributed by atoms with Crippen molar-refractivity contribution in [2.45, 2.75) is 39.5 Å². The average molecular weight is 266 g/mol. The SMILES string of the molecule is CC(C)(CN)CCNCC(C)(C)c1ccc(F)cc1. The highest BCUT2D eigenvalue weighted by atomic mass is 19.1. The lowest BCUT2D eigenvalue weighted by atomic mass is 9.84. The maximum absolute atomic E-state index is 12.9. The van der Waals surface area contributed by atoms with Crippen molar-refractivity contribution in [1.82, 2.24) is 5.32 Å². The van der Waals surface area contributed by atoms with Crippen molar-refractivity contribution < 1.29 is 4.39 Å². The van der Waals surface area contributed by atoms with Gasteiger partial charge in [-0.05, 0) is 42.6 Å². The van der Waals surface area contributed by atoms with Gasteiger partial charge in [0.2, 0.25) is 0 Å². The van der Waals surface area contributed by atoms with Crippen molar-refractivity contribution in [2.24, 2.45) is 11.1 Å². The fourth-order valence-electron chi connectivity index (χ4n) is 1.93. The minimum absolute atomic E-state index is 0.000553. The molecule has 108 valence electrons. The van der Waals surface area contributed by atoms with Crippen molar-refractivity contribution in [3.8, 4) is 0 Å². The molecule has 0 amide bonds. The molecule has 0 spiro atoms. The Morgan fingerprint density at radius 1 is 1.11 bits per heavy atom. The van der Waals surface area contributed by atoms with Gasteiger partial charge in [0.05, 0.1) is 0 Å². The summed E-state index contributed by atoms with van der Waals surface area (Å²) in [5.41, 5.74) is 7.06. The average Bonchev–Trinajstić information content (AvgIpc) is 2.35. The molecule has 0 aliphatic rings. The Bertz CT molecular complexity index is 382. The Balaban J connectivity index is 2.45. The molecule has 0 aromatic heterocycles. The highest BCUT2D eigenvalue weighted by molar-refractivity contribution is 5.24. The van der Waals surface area contributed by atoms with Gasteiger partial charge in [0.25, 0.3) is 0 Å². The van der Waals surface area contributed by atoms with E-state index in [4.69, 9.17) is 5.73 Å². The zero-order chi connectivity index (χ0) is 14.5. The Morgan fingerprint density at radius 2 is 1.68 bits per heavy atom. The lowest BCUT2D eigenvalue weighted by molar-refractivity contribution is 0.331. The van der Waals surface area contributed by atoms with E-state index in [0.29, 0.717) is 6.54 Å². The van der Waals surface area contributed by atoms with E-state index in [-0.39, 0.29) is 16.6 Å². The van der Waals surface area contributed by atoms with Crippen molar-refractivity contribution in [2.75, 3.05) is 19.6 Å². The first kappa shape index (κ1) is 16.1. The molecule has 0 unspecified atom stereocenters. The van der Waals surface area contributed by atoms with Crippen LogP contribution >= 0.6 is 0 Å². The van der Waals surface area contributed by atoms with E-state index < -0.39 is 0 Å². The number of halogens is 1. The fourth-order valence-corrected chi connectivity index (χ4v) is 1.93. The van der Waals surface area contributed by atoms with Crippen LogP contribution in [0.2, 0.25) is 0 Å². The van der Waals surface area contributed by atoms with Crippen LogP contribution in [0.5, 0.6) is 0 Å². The van der Waals surface area contributed by atoms with Gasteiger partial charge in [-0.15, -0.1) is 0 Å². The van der Waals surface area contributed by atoms with E-state index in [2.05, 4.69) is 33.0 Å². The molecular formula is C16H27FN2. The van der Waals surface area contributed by atoms with Gasteiger partial charge in [0.1, 0.15) is 5.82 Å². The third-order valence-electron chi connectivity index (χ3n) is 3.72. The van der Waals surface area contributed by atoms with Crippen LogP contribution in [0.25, 0.3) is 0 Å². The number of nitrogens with two attached hydrogens (primary N) is 1. The first-order valence-electron chi connectivity index (χ1n) is 6.94. The molecule has 2 nitrogen and oxygen atoms in total. The van der Waals surface area contributed by atoms with Gasteiger partial charge in [-0.1, -0.05) is 39.8 Å². The molecule has 0 heterocycles. The Kier molecular flexibility index (Phi) is 5.50. The molecule has 0 bridgehead atoms. The van der Waals surface area contributed by atoms with Crippen LogP contribution in [0.3, 0.4) is 0 Å². The minimum Gasteiger partial charge on any atom is -0.330 e. The third kappa shape index (κ3) is 5.29. The van der Waals surface area contributed by atoms with Gasteiger partial charge in [-0.3, -0.25) is 0 Å². The molecule has 1 aromatic rings. The molecule has 3 heteroatoms. The standard InChI is InChI=1S/C16H27FN2/c1-15(2,11-18)9-10-19-12-16(3,4)13-5-7-14(17)8-6-13/h5-8,19H,9-12,18H2,1-4H3. The van der Waals surface area contributed by atoms with E-state index in [0.717, 1.165) is 25.1 Å². The number of nitrogens with one attached hydrogen (secondary N) is 1. The summed E-state index contributed by atoms with van der Waals surface area (Å²) in [7, 11) is 0. The van der Waals surface area contributed by atoms with Crippen molar-refractivity contribution in [3.63, 3.8) is 0 Å². The summed E-state index contributed by atoms with van der Waals surface area (Å²) in [5.74, 6) is -0.183. The number of benzene rings is 1. The summed E-state index contributed by atoms with van der Waals surface area (Å²) in [5, 5.41) is 3.48. The molecule has 0 aliphatic heterocycles. The predicted molar refractivity (Wildman–Crippen MR) is 79.7 cm³/mol. The highest BCUT2D eigenvalue weighted by Gasteiger charge is 2.21. The molecule has 0 saturated heterocycles. The summed E-state index contributed by atoms with van der Waals surface area (Å²) in [6.45, 7) is 11.2. The lowest BCUT2D eigenvalue weighted by Gasteiger charge is -2.28. The molecule has 19 heavy (non-hydrogen) atoms. The second-order valence-electron chi connectivity index (χ2n) is 6.69. The van der Waals surface area contributed by atoms with Crippen molar-refractivity contribution in [3.05, 3.63) is 35.6 Å². The van der Waals surface area contributed by atoms with Gasteiger partial charge in [0, 0.05) is 12.0 Å². The molecule has 0 aliphatic carbocycles. The van der Waals surface area contributed by atoms with Gasteiger partial charge < -0.3 is 11.1 Å². The molecule has 3 N–H and O–H groups in total.